The minimum absolute atomic E-state index is 0.0111. The molecule has 1 aliphatic rings. The summed E-state index contributed by atoms with van der Waals surface area (Å²) in [6, 6.07) is 12.3. The number of carbonyl (C=O) groups is 1. The number of carboxylic acid groups (broad SMARTS) is 1. The summed E-state index contributed by atoms with van der Waals surface area (Å²) in [6.07, 6.45) is 0.159. The van der Waals surface area contributed by atoms with E-state index >= 15 is 0 Å². The topological polar surface area (TPSA) is 37.3 Å². The molecule has 96 valence electrons. The molecule has 1 atom stereocenters. The molecule has 2 nitrogen and oxygen atoms in total. The van der Waals surface area contributed by atoms with Gasteiger partial charge in [0.1, 0.15) is 0 Å². The number of carboxylic acids is 1. The summed E-state index contributed by atoms with van der Waals surface area (Å²) in [5.41, 5.74) is 7.26. The molecule has 2 heteroatoms. The van der Waals surface area contributed by atoms with E-state index in [-0.39, 0.29) is 12.3 Å². The molecule has 0 spiro atoms. The average molecular weight is 252 g/mol. The van der Waals surface area contributed by atoms with Crippen molar-refractivity contribution in [3.05, 3.63) is 58.7 Å². The number of fused-ring (bicyclic) bond motifs is 3. The normalized spacial score (nSPS) is 16.0. The van der Waals surface area contributed by atoms with Gasteiger partial charge in [-0.15, -0.1) is 0 Å². The van der Waals surface area contributed by atoms with Crippen LogP contribution in [0.2, 0.25) is 0 Å². The Morgan fingerprint density at radius 2 is 1.84 bits per heavy atom. The van der Waals surface area contributed by atoms with Crippen LogP contribution in [0.3, 0.4) is 0 Å². The number of aryl methyl sites for hydroxylation is 1. The first-order valence-corrected chi connectivity index (χ1v) is 6.50. The Hall–Kier alpha value is -2.09. The molecular weight excluding hydrogens is 236 g/mol. The van der Waals surface area contributed by atoms with E-state index in [0.29, 0.717) is 0 Å². The highest BCUT2D eigenvalue weighted by molar-refractivity contribution is 5.84. The van der Waals surface area contributed by atoms with E-state index in [1.54, 1.807) is 0 Å². The van der Waals surface area contributed by atoms with Crippen LogP contribution in [0.25, 0.3) is 11.1 Å². The molecular formula is C17H16O2. The quantitative estimate of drug-likeness (QED) is 0.880. The summed E-state index contributed by atoms with van der Waals surface area (Å²) in [4.78, 5) is 11.1. The number of rotatable bonds is 2. The third kappa shape index (κ3) is 1.75. The second kappa shape index (κ2) is 4.23. The van der Waals surface area contributed by atoms with Gasteiger partial charge in [0.25, 0.3) is 0 Å². The van der Waals surface area contributed by atoms with E-state index in [1.165, 1.54) is 22.3 Å². The second-order valence-corrected chi connectivity index (χ2v) is 5.21. The summed E-state index contributed by atoms with van der Waals surface area (Å²) in [5, 5.41) is 9.15. The Kier molecular flexibility index (Phi) is 2.67. The maximum absolute atomic E-state index is 11.1. The predicted octanol–water partition coefficient (Wildman–Crippen LogP) is 3.89. The third-order valence-corrected chi connectivity index (χ3v) is 4.13. The highest BCUT2D eigenvalue weighted by Crippen LogP contribution is 2.48. The summed E-state index contributed by atoms with van der Waals surface area (Å²) >= 11 is 0. The molecule has 1 unspecified atom stereocenters. The van der Waals surface area contributed by atoms with Crippen molar-refractivity contribution < 1.29 is 9.90 Å². The first-order valence-electron chi connectivity index (χ1n) is 6.50. The van der Waals surface area contributed by atoms with Crippen LogP contribution in [0.4, 0.5) is 0 Å². The van der Waals surface area contributed by atoms with Crippen molar-refractivity contribution in [2.24, 2.45) is 0 Å². The number of hydrogen-bond donors (Lipinski definition) is 1. The zero-order valence-corrected chi connectivity index (χ0v) is 11.1. The standard InChI is InChI=1S/C17H16O2/c1-10-7-8-14-15(9-16(18)19)12-5-3-4-6-13(12)17(14)11(10)2/h3-8,15H,9H2,1-2H3,(H,18,19). The van der Waals surface area contributed by atoms with Crippen LogP contribution in [-0.2, 0) is 4.79 Å². The van der Waals surface area contributed by atoms with Gasteiger partial charge in [0, 0.05) is 5.92 Å². The fraction of sp³-hybridized carbons (Fsp3) is 0.235. The van der Waals surface area contributed by atoms with E-state index in [1.807, 2.05) is 12.1 Å². The van der Waals surface area contributed by atoms with Crippen molar-refractivity contribution in [2.45, 2.75) is 26.2 Å². The van der Waals surface area contributed by atoms with Gasteiger partial charge in [0.2, 0.25) is 0 Å². The SMILES string of the molecule is Cc1ccc2c(c1C)-c1ccccc1C2CC(=O)O. The van der Waals surface area contributed by atoms with Gasteiger partial charge >= 0.3 is 5.97 Å². The molecule has 1 aliphatic carbocycles. The molecule has 19 heavy (non-hydrogen) atoms. The fourth-order valence-electron chi connectivity index (χ4n) is 3.08. The van der Waals surface area contributed by atoms with Crippen molar-refractivity contribution in [1.82, 2.24) is 0 Å². The van der Waals surface area contributed by atoms with Crippen LogP contribution in [0.1, 0.15) is 34.6 Å². The minimum Gasteiger partial charge on any atom is -0.481 e. The predicted molar refractivity (Wildman–Crippen MR) is 75.4 cm³/mol. The maximum Gasteiger partial charge on any atom is 0.304 e. The maximum atomic E-state index is 11.1. The summed E-state index contributed by atoms with van der Waals surface area (Å²) < 4.78 is 0. The smallest absolute Gasteiger partial charge is 0.304 e. The van der Waals surface area contributed by atoms with E-state index in [9.17, 15) is 4.79 Å². The van der Waals surface area contributed by atoms with Crippen molar-refractivity contribution in [2.75, 3.05) is 0 Å². The monoisotopic (exact) mass is 252 g/mol. The van der Waals surface area contributed by atoms with Crippen LogP contribution >= 0.6 is 0 Å². The highest BCUT2D eigenvalue weighted by Gasteiger charge is 2.31. The first-order chi connectivity index (χ1) is 9.09. The Labute approximate surface area is 112 Å². The summed E-state index contributed by atoms with van der Waals surface area (Å²) in [6.45, 7) is 4.22. The molecule has 0 radical (unpaired) electrons. The summed E-state index contributed by atoms with van der Waals surface area (Å²) in [7, 11) is 0. The number of hydrogen-bond acceptors (Lipinski definition) is 1. The van der Waals surface area contributed by atoms with Crippen LogP contribution < -0.4 is 0 Å². The number of benzene rings is 2. The lowest BCUT2D eigenvalue weighted by atomic mass is 9.92. The number of aliphatic carboxylic acids is 1. The average Bonchev–Trinajstić information content (AvgIpc) is 2.69. The van der Waals surface area contributed by atoms with Crippen LogP contribution in [0, 0.1) is 13.8 Å². The van der Waals surface area contributed by atoms with Crippen LogP contribution in [0.15, 0.2) is 36.4 Å². The van der Waals surface area contributed by atoms with Crippen LogP contribution in [0.5, 0.6) is 0 Å². The Balaban J connectivity index is 2.27. The van der Waals surface area contributed by atoms with Crippen molar-refractivity contribution in [1.29, 1.82) is 0 Å². The Morgan fingerprint density at radius 3 is 2.58 bits per heavy atom. The van der Waals surface area contributed by atoms with Gasteiger partial charge in [-0.25, -0.2) is 0 Å². The highest BCUT2D eigenvalue weighted by atomic mass is 16.4. The molecule has 0 aliphatic heterocycles. The Morgan fingerprint density at radius 1 is 1.11 bits per heavy atom. The van der Waals surface area contributed by atoms with Gasteiger partial charge in [-0.05, 0) is 47.2 Å². The van der Waals surface area contributed by atoms with E-state index in [4.69, 9.17) is 5.11 Å². The molecule has 0 saturated heterocycles. The molecule has 1 N–H and O–H groups in total. The zero-order chi connectivity index (χ0) is 13.6. The largest absolute Gasteiger partial charge is 0.481 e. The van der Waals surface area contributed by atoms with Crippen molar-refractivity contribution >= 4 is 5.97 Å². The molecule has 0 fully saturated rings. The molecule has 0 bridgehead atoms. The second-order valence-electron chi connectivity index (χ2n) is 5.21. The lowest BCUT2D eigenvalue weighted by molar-refractivity contribution is -0.137. The van der Waals surface area contributed by atoms with Gasteiger partial charge in [-0.3, -0.25) is 4.79 Å². The molecule has 2 aromatic rings. The fourth-order valence-corrected chi connectivity index (χ4v) is 3.08. The molecule has 0 aromatic heterocycles. The van der Waals surface area contributed by atoms with Gasteiger partial charge in [0.05, 0.1) is 6.42 Å². The molecule has 2 aromatic carbocycles. The van der Waals surface area contributed by atoms with E-state index < -0.39 is 5.97 Å². The minimum atomic E-state index is -0.745. The first kappa shape index (κ1) is 12.0. The van der Waals surface area contributed by atoms with Crippen molar-refractivity contribution in [3.63, 3.8) is 0 Å². The van der Waals surface area contributed by atoms with Gasteiger partial charge in [-0.1, -0.05) is 36.4 Å². The molecule has 0 amide bonds. The lowest BCUT2D eigenvalue weighted by Crippen LogP contribution is -2.05. The van der Waals surface area contributed by atoms with Gasteiger partial charge < -0.3 is 5.11 Å². The zero-order valence-electron chi connectivity index (χ0n) is 11.1. The lowest BCUT2D eigenvalue weighted by Gasteiger charge is -2.12. The third-order valence-electron chi connectivity index (χ3n) is 4.13. The molecule has 0 heterocycles. The van der Waals surface area contributed by atoms with E-state index in [2.05, 4.69) is 38.1 Å². The molecule has 3 rings (SSSR count). The van der Waals surface area contributed by atoms with Crippen LogP contribution in [-0.4, -0.2) is 11.1 Å². The molecule has 0 saturated carbocycles. The van der Waals surface area contributed by atoms with E-state index in [0.717, 1.165) is 11.1 Å². The van der Waals surface area contributed by atoms with Gasteiger partial charge in [0.15, 0.2) is 0 Å². The van der Waals surface area contributed by atoms with Crippen molar-refractivity contribution in [3.8, 4) is 11.1 Å². The summed E-state index contributed by atoms with van der Waals surface area (Å²) in [5.74, 6) is -0.756. The van der Waals surface area contributed by atoms with Gasteiger partial charge in [-0.2, -0.15) is 0 Å². The Bertz CT molecular complexity index is 671.